The third-order valence-corrected chi connectivity index (χ3v) is 4.30. The van der Waals surface area contributed by atoms with E-state index in [1.54, 1.807) is 6.07 Å². The summed E-state index contributed by atoms with van der Waals surface area (Å²) < 4.78 is 10.6. The fourth-order valence-corrected chi connectivity index (χ4v) is 3.09. The van der Waals surface area contributed by atoms with Crippen molar-refractivity contribution in [3.8, 4) is 16.5 Å². The number of fused-ring (bicyclic) bond motifs is 1. The first-order valence-corrected chi connectivity index (χ1v) is 7.42. The van der Waals surface area contributed by atoms with E-state index in [2.05, 4.69) is 26.3 Å². The van der Waals surface area contributed by atoms with Crippen LogP contribution in [-0.2, 0) is 6.54 Å². The van der Waals surface area contributed by atoms with Crippen LogP contribution < -0.4 is 9.64 Å². The molecule has 6 nitrogen and oxygen atoms in total. The molecule has 1 aliphatic rings. The monoisotopic (exact) mass is 300 g/mol. The molecule has 0 aliphatic carbocycles. The van der Waals surface area contributed by atoms with Gasteiger partial charge in [0, 0.05) is 18.2 Å². The Labute approximate surface area is 125 Å². The second-order valence-corrected chi connectivity index (χ2v) is 5.61. The Morgan fingerprint density at radius 1 is 1.14 bits per heavy atom. The Kier molecular flexibility index (Phi) is 3.04. The minimum absolute atomic E-state index is 0.635. The van der Waals surface area contributed by atoms with Crippen LogP contribution in [0.25, 0.3) is 10.7 Å². The van der Waals surface area contributed by atoms with Gasteiger partial charge in [0.15, 0.2) is 5.01 Å². The molecule has 0 atom stereocenters. The van der Waals surface area contributed by atoms with Crippen molar-refractivity contribution in [1.29, 1.82) is 0 Å². The largest absolute Gasteiger partial charge is 0.491 e. The number of aromatic nitrogens is 3. The average Bonchev–Trinajstić information content (AvgIpc) is 3.14. The summed E-state index contributed by atoms with van der Waals surface area (Å²) in [6, 6.07) is 9.87. The highest BCUT2D eigenvalue weighted by Crippen LogP contribution is 2.31. The van der Waals surface area contributed by atoms with Gasteiger partial charge in [0.2, 0.25) is 5.13 Å². The molecule has 3 aromatic rings. The van der Waals surface area contributed by atoms with Crippen LogP contribution in [0.4, 0.5) is 5.13 Å². The van der Waals surface area contributed by atoms with Crippen LogP contribution in [0.15, 0.2) is 41.1 Å². The molecule has 106 valence electrons. The summed E-state index contributed by atoms with van der Waals surface area (Å²) in [5.41, 5.74) is 1.87. The highest BCUT2D eigenvalue weighted by atomic mass is 32.1. The smallest absolute Gasteiger partial charge is 0.209 e. The van der Waals surface area contributed by atoms with Crippen molar-refractivity contribution in [2.24, 2.45) is 0 Å². The van der Waals surface area contributed by atoms with Crippen molar-refractivity contribution in [3.63, 3.8) is 0 Å². The van der Waals surface area contributed by atoms with Crippen LogP contribution in [0.2, 0.25) is 0 Å². The first-order valence-electron chi connectivity index (χ1n) is 6.60. The normalized spacial score (nSPS) is 14.4. The zero-order valence-corrected chi connectivity index (χ0v) is 11.9. The lowest BCUT2D eigenvalue weighted by Gasteiger charge is -2.17. The lowest BCUT2D eigenvalue weighted by atomic mass is 10.2. The maximum atomic E-state index is 5.77. The fourth-order valence-electron chi connectivity index (χ4n) is 2.26. The van der Waals surface area contributed by atoms with Gasteiger partial charge < -0.3 is 14.2 Å². The molecule has 1 aliphatic heterocycles. The molecule has 1 aromatic carbocycles. The maximum absolute atomic E-state index is 5.77. The maximum Gasteiger partial charge on any atom is 0.209 e. The van der Waals surface area contributed by atoms with Crippen molar-refractivity contribution in [2.45, 2.75) is 6.54 Å². The Hall–Kier alpha value is -2.41. The van der Waals surface area contributed by atoms with E-state index in [0.29, 0.717) is 12.3 Å². The van der Waals surface area contributed by atoms with Gasteiger partial charge in [-0.15, -0.1) is 10.2 Å². The molecular weight excluding hydrogens is 288 g/mol. The lowest BCUT2D eigenvalue weighted by molar-refractivity contribution is 0.331. The number of benzene rings is 1. The summed E-state index contributed by atoms with van der Waals surface area (Å²) >= 11 is 1.51. The third kappa shape index (κ3) is 2.36. The number of rotatable bonds is 2. The van der Waals surface area contributed by atoms with Gasteiger partial charge in [-0.1, -0.05) is 34.7 Å². The predicted octanol–water partition coefficient (Wildman–Crippen LogP) is 2.59. The summed E-state index contributed by atoms with van der Waals surface area (Å²) in [6.07, 6.45) is 1.53. The molecule has 0 saturated heterocycles. The van der Waals surface area contributed by atoms with Gasteiger partial charge in [0.05, 0.1) is 6.54 Å². The van der Waals surface area contributed by atoms with Crippen LogP contribution >= 0.6 is 11.3 Å². The Morgan fingerprint density at radius 3 is 3.00 bits per heavy atom. The van der Waals surface area contributed by atoms with Gasteiger partial charge in [0.1, 0.15) is 24.3 Å². The molecule has 2 aromatic heterocycles. The van der Waals surface area contributed by atoms with Crippen molar-refractivity contribution in [1.82, 2.24) is 15.4 Å². The average molecular weight is 300 g/mol. The van der Waals surface area contributed by atoms with Gasteiger partial charge in [-0.05, 0) is 6.07 Å². The Morgan fingerprint density at radius 2 is 2.10 bits per heavy atom. The van der Waals surface area contributed by atoms with Crippen LogP contribution in [-0.4, -0.2) is 28.5 Å². The fraction of sp³-hybridized carbons (Fsp3) is 0.214. The molecule has 21 heavy (non-hydrogen) atoms. The van der Waals surface area contributed by atoms with Crippen molar-refractivity contribution in [3.05, 3.63) is 42.2 Å². The molecule has 0 spiro atoms. The quantitative estimate of drug-likeness (QED) is 0.725. The first-order chi connectivity index (χ1) is 10.4. The van der Waals surface area contributed by atoms with E-state index < -0.39 is 0 Å². The van der Waals surface area contributed by atoms with Crippen LogP contribution in [0.5, 0.6) is 5.75 Å². The third-order valence-electron chi connectivity index (χ3n) is 3.29. The summed E-state index contributed by atoms with van der Waals surface area (Å²) in [4.78, 5) is 2.17. The van der Waals surface area contributed by atoms with Crippen molar-refractivity contribution in [2.75, 3.05) is 18.1 Å². The lowest BCUT2D eigenvalue weighted by Crippen LogP contribution is -2.25. The second kappa shape index (κ2) is 5.17. The van der Waals surface area contributed by atoms with E-state index in [4.69, 9.17) is 9.26 Å². The standard InChI is InChI=1S/C14H12N4O2S/c1-2-4-12-10(3-1)9-18(6-8-19-12)14-16-15-13(21-14)11-5-7-20-17-11/h1-5,7H,6,8-9H2. The number of nitrogens with zero attached hydrogens (tertiary/aromatic N) is 4. The highest BCUT2D eigenvalue weighted by Gasteiger charge is 2.19. The number of anilines is 1. The number of hydrogen-bond acceptors (Lipinski definition) is 7. The molecule has 0 amide bonds. The predicted molar refractivity (Wildman–Crippen MR) is 78.4 cm³/mol. The number of ether oxygens (including phenoxy) is 1. The SMILES string of the molecule is c1ccc2c(c1)CN(c1nnc(-c3ccon3)s1)CCO2. The van der Waals surface area contributed by atoms with Gasteiger partial charge in [-0.2, -0.15) is 0 Å². The molecule has 4 rings (SSSR count). The highest BCUT2D eigenvalue weighted by molar-refractivity contribution is 7.18. The topological polar surface area (TPSA) is 64.3 Å². The minimum atomic E-state index is 0.635. The Balaban J connectivity index is 1.62. The molecule has 0 bridgehead atoms. The minimum Gasteiger partial charge on any atom is -0.491 e. The Bertz CT molecular complexity index is 741. The second-order valence-electron chi connectivity index (χ2n) is 4.65. The van der Waals surface area contributed by atoms with Gasteiger partial charge in [-0.3, -0.25) is 0 Å². The summed E-state index contributed by atoms with van der Waals surface area (Å²) in [6.45, 7) is 2.18. The number of hydrogen-bond donors (Lipinski definition) is 0. The zero-order valence-electron chi connectivity index (χ0n) is 11.1. The molecule has 0 radical (unpaired) electrons. The molecular formula is C14H12N4O2S. The van der Waals surface area contributed by atoms with Crippen LogP contribution in [0, 0.1) is 0 Å². The summed E-state index contributed by atoms with van der Waals surface area (Å²) in [5, 5.41) is 14.0. The first kappa shape index (κ1) is 12.3. The molecule has 0 fully saturated rings. The summed E-state index contributed by atoms with van der Waals surface area (Å²) in [5.74, 6) is 0.946. The van der Waals surface area contributed by atoms with Crippen LogP contribution in [0.1, 0.15) is 5.56 Å². The van der Waals surface area contributed by atoms with E-state index >= 15 is 0 Å². The van der Waals surface area contributed by atoms with E-state index in [1.165, 1.54) is 17.6 Å². The molecule has 0 N–H and O–H groups in total. The zero-order chi connectivity index (χ0) is 14.1. The van der Waals surface area contributed by atoms with Crippen molar-refractivity contribution < 1.29 is 9.26 Å². The molecule has 3 heterocycles. The molecule has 0 unspecified atom stereocenters. The van der Waals surface area contributed by atoms with E-state index in [-0.39, 0.29) is 0 Å². The van der Waals surface area contributed by atoms with Gasteiger partial charge in [-0.25, -0.2) is 0 Å². The van der Waals surface area contributed by atoms with E-state index in [0.717, 1.165) is 34.5 Å². The molecule has 0 saturated carbocycles. The van der Waals surface area contributed by atoms with Crippen molar-refractivity contribution >= 4 is 16.5 Å². The van der Waals surface area contributed by atoms with E-state index in [9.17, 15) is 0 Å². The summed E-state index contributed by atoms with van der Waals surface area (Å²) in [7, 11) is 0. The molecule has 7 heteroatoms. The number of para-hydroxylation sites is 1. The van der Waals surface area contributed by atoms with E-state index in [1.807, 2.05) is 18.2 Å². The van der Waals surface area contributed by atoms with Gasteiger partial charge >= 0.3 is 0 Å². The van der Waals surface area contributed by atoms with Crippen LogP contribution in [0.3, 0.4) is 0 Å². The van der Waals surface area contributed by atoms with Gasteiger partial charge in [0.25, 0.3) is 0 Å².